The van der Waals surface area contributed by atoms with E-state index in [0.717, 1.165) is 0 Å². The van der Waals surface area contributed by atoms with Gasteiger partial charge in [0, 0.05) is 16.3 Å². The van der Waals surface area contributed by atoms with Gasteiger partial charge in [0.15, 0.2) is 12.3 Å². The predicted molar refractivity (Wildman–Crippen MR) is 64.3 cm³/mol. The van der Waals surface area contributed by atoms with Gasteiger partial charge in [0.05, 0.1) is 13.1 Å². The van der Waals surface area contributed by atoms with E-state index in [2.05, 4.69) is 0 Å². The van der Waals surface area contributed by atoms with Gasteiger partial charge in [-0.25, -0.2) is 0 Å². The molecule has 2 aliphatic rings. The first-order valence-electron chi connectivity index (χ1n) is 6.33. The van der Waals surface area contributed by atoms with Gasteiger partial charge in [-0.05, 0) is 6.08 Å². The highest BCUT2D eigenvalue weighted by atomic mass is 16.6. The van der Waals surface area contributed by atoms with Crippen LogP contribution in [0.15, 0.2) is 11.8 Å². The molecule has 1 heterocycles. The van der Waals surface area contributed by atoms with Crippen molar-refractivity contribution in [3.63, 3.8) is 0 Å². The third-order valence-corrected chi connectivity index (χ3v) is 4.22. The number of hydrogen-bond donors (Lipinski definition) is 1. The SMILES string of the molecule is COC1=CC[C@]2([N+](=O)[O-])C[NH+](CC(=O)[O-])C[C@]1([N+](=O)[O-])C2. The maximum absolute atomic E-state index is 11.5. The Kier molecular flexibility index (Phi) is 3.58. The van der Waals surface area contributed by atoms with Gasteiger partial charge < -0.3 is 19.5 Å². The quantitative estimate of drug-likeness (QED) is 0.421. The molecule has 0 aromatic heterocycles. The number of hydrogen-bond acceptors (Lipinski definition) is 7. The first kappa shape index (κ1) is 15.2. The van der Waals surface area contributed by atoms with Crippen molar-refractivity contribution in [2.45, 2.75) is 23.9 Å². The number of carboxylic acids is 1. The van der Waals surface area contributed by atoms with E-state index in [9.17, 15) is 30.1 Å². The molecule has 1 fully saturated rings. The molecule has 10 heteroatoms. The number of methoxy groups -OCH3 is 1. The van der Waals surface area contributed by atoms with E-state index in [0.29, 0.717) is 0 Å². The first-order valence-corrected chi connectivity index (χ1v) is 6.33. The summed E-state index contributed by atoms with van der Waals surface area (Å²) in [5, 5.41) is 33.7. The summed E-state index contributed by atoms with van der Waals surface area (Å²) in [6.45, 7) is -0.775. The summed E-state index contributed by atoms with van der Waals surface area (Å²) >= 11 is 0. The number of rotatable bonds is 5. The number of fused-ring (bicyclic) bond motifs is 2. The lowest BCUT2D eigenvalue weighted by atomic mass is 9.71. The van der Waals surface area contributed by atoms with Gasteiger partial charge in [-0.2, -0.15) is 0 Å². The second-order valence-electron chi connectivity index (χ2n) is 5.58. The summed E-state index contributed by atoms with van der Waals surface area (Å²) in [7, 11) is 1.27. The molecule has 1 aliphatic heterocycles. The lowest BCUT2D eigenvalue weighted by Crippen LogP contribution is -3.19. The van der Waals surface area contributed by atoms with Crippen molar-refractivity contribution in [2.24, 2.45) is 0 Å². The monoisotopic (exact) mass is 301 g/mol. The third kappa shape index (κ3) is 2.31. The summed E-state index contributed by atoms with van der Waals surface area (Å²) in [5.41, 5.74) is -3.30. The average molecular weight is 301 g/mol. The molecule has 0 aromatic carbocycles. The summed E-state index contributed by atoms with van der Waals surface area (Å²) in [6.07, 6.45) is 1.07. The maximum Gasteiger partial charge on any atom is 0.331 e. The van der Waals surface area contributed by atoms with E-state index < -0.39 is 33.4 Å². The van der Waals surface area contributed by atoms with Crippen molar-refractivity contribution in [2.75, 3.05) is 26.7 Å². The van der Waals surface area contributed by atoms with Crippen LogP contribution in [-0.4, -0.2) is 53.6 Å². The molecule has 2 rings (SSSR count). The highest BCUT2D eigenvalue weighted by Crippen LogP contribution is 2.40. The number of carboxylic acid groups (broad SMARTS) is 1. The van der Waals surface area contributed by atoms with E-state index in [1.807, 2.05) is 0 Å². The fourth-order valence-electron chi connectivity index (χ4n) is 3.43. The number of ether oxygens (including phenoxy) is 1. The van der Waals surface area contributed by atoms with Crippen LogP contribution in [0.1, 0.15) is 12.8 Å². The van der Waals surface area contributed by atoms with Crippen molar-refractivity contribution in [3.8, 4) is 0 Å². The second-order valence-corrected chi connectivity index (χ2v) is 5.58. The van der Waals surface area contributed by atoms with Crippen molar-refractivity contribution >= 4 is 5.97 Å². The minimum absolute atomic E-state index is 0.0185. The number of carbonyl (C=O) groups excluding carboxylic acids is 1. The molecule has 2 bridgehead atoms. The molecule has 0 amide bonds. The van der Waals surface area contributed by atoms with E-state index in [-0.39, 0.29) is 36.6 Å². The zero-order valence-electron chi connectivity index (χ0n) is 11.4. The van der Waals surface area contributed by atoms with Gasteiger partial charge in [-0.15, -0.1) is 0 Å². The van der Waals surface area contributed by atoms with Crippen LogP contribution in [0.3, 0.4) is 0 Å². The van der Waals surface area contributed by atoms with Gasteiger partial charge in [0.25, 0.3) is 5.54 Å². The summed E-state index contributed by atoms with van der Waals surface area (Å²) < 4.78 is 5.04. The van der Waals surface area contributed by atoms with Crippen molar-refractivity contribution in [3.05, 3.63) is 32.1 Å². The lowest BCUT2D eigenvalue weighted by molar-refractivity contribution is -0.939. The molecule has 1 saturated heterocycles. The molecular weight excluding hydrogens is 286 g/mol. The Morgan fingerprint density at radius 1 is 1.38 bits per heavy atom. The number of quaternary nitrogens is 1. The van der Waals surface area contributed by atoms with Crippen molar-refractivity contribution < 1.29 is 29.4 Å². The van der Waals surface area contributed by atoms with Gasteiger partial charge in [0.1, 0.15) is 19.5 Å². The van der Waals surface area contributed by atoms with E-state index in [1.165, 1.54) is 13.2 Å². The number of aliphatic carboxylic acids is 1. The van der Waals surface area contributed by atoms with Crippen LogP contribution in [0.2, 0.25) is 0 Å². The van der Waals surface area contributed by atoms with Crippen LogP contribution in [0.5, 0.6) is 0 Å². The zero-order chi connectivity index (χ0) is 15.8. The standard InChI is InChI=1S/C11H15N3O7/c1-21-8-2-3-10(13(17)18)5-11(8,14(19)20)7-12(6-10)4-9(15)16/h2H,3-7H2,1H3,(H,15,16)/t10-,11-/m1/s1. The van der Waals surface area contributed by atoms with Crippen LogP contribution in [0.4, 0.5) is 0 Å². The fourth-order valence-corrected chi connectivity index (χ4v) is 3.43. The van der Waals surface area contributed by atoms with E-state index in [4.69, 9.17) is 4.74 Å². The molecule has 10 nitrogen and oxygen atoms in total. The van der Waals surface area contributed by atoms with Gasteiger partial charge in [0.2, 0.25) is 0 Å². The molecule has 1 aliphatic carbocycles. The molecule has 1 unspecified atom stereocenters. The van der Waals surface area contributed by atoms with Crippen molar-refractivity contribution in [1.29, 1.82) is 0 Å². The molecule has 0 spiro atoms. The second kappa shape index (κ2) is 4.95. The third-order valence-electron chi connectivity index (χ3n) is 4.22. The zero-order valence-corrected chi connectivity index (χ0v) is 11.4. The van der Waals surface area contributed by atoms with E-state index >= 15 is 0 Å². The largest absolute Gasteiger partial charge is 0.544 e. The van der Waals surface area contributed by atoms with Crippen molar-refractivity contribution in [1.82, 2.24) is 0 Å². The predicted octanol–water partition coefficient (Wildman–Crippen LogP) is -3.01. The molecule has 21 heavy (non-hydrogen) atoms. The van der Waals surface area contributed by atoms with Gasteiger partial charge in [-0.3, -0.25) is 20.2 Å². The maximum atomic E-state index is 11.5. The van der Waals surface area contributed by atoms with Crippen LogP contribution in [0.25, 0.3) is 0 Å². The van der Waals surface area contributed by atoms with Gasteiger partial charge in [-0.1, -0.05) is 0 Å². The average Bonchev–Trinajstić information content (AvgIpc) is 2.37. The van der Waals surface area contributed by atoms with E-state index in [1.54, 1.807) is 0 Å². The summed E-state index contributed by atoms with van der Waals surface area (Å²) in [6, 6.07) is 0. The number of carbonyl (C=O) groups is 1. The highest BCUT2D eigenvalue weighted by Gasteiger charge is 2.69. The lowest BCUT2D eigenvalue weighted by Gasteiger charge is -2.43. The Morgan fingerprint density at radius 2 is 2.05 bits per heavy atom. The minimum Gasteiger partial charge on any atom is -0.544 e. The minimum atomic E-state index is -1.76. The Bertz CT molecular complexity index is 534. The molecular formula is C11H15N3O7. The Hall–Kier alpha value is -2.23. The van der Waals surface area contributed by atoms with Crippen LogP contribution in [-0.2, 0) is 9.53 Å². The molecule has 116 valence electrons. The fraction of sp³-hybridized carbons (Fsp3) is 0.727. The van der Waals surface area contributed by atoms with Crippen LogP contribution in [0, 0.1) is 20.2 Å². The Labute approximate surface area is 119 Å². The molecule has 0 saturated carbocycles. The Balaban J connectivity index is 2.49. The number of nitrogens with zero attached hydrogens (tertiary/aromatic N) is 2. The summed E-state index contributed by atoms with van der Waals surface area (Å²) in [5.74, 6) is -1.34. The summed E-state index contributed by atoms with van der Waals surface area (Å²) in [4.78, 5) is 32.8. The van der Waals surface area contributed by atoms with Crippen LogP contribution < -0.4 is 10.0 Å². The number of nitro groups is 2. The molecule has 3 atom stereocenters. The van der Waals surface area contributed by atoms with Crippen LogP contribution >= 0.6 is 0 Å². The molecule has 1 N–H and O–H groups in total. The number of nitrogens with one attached hydrogen (secondary N) is 1. The Morgan fingerprint density at radius 3 is 2.52 bits per heavy atom. The number of piperidine rings is 1. The molecule has 0 radical (unpaired) electrons. The first-order chi connectivity index (χ1) is 9.75. The normalized spacial score (nSPS) is 34.7. The topological polar surface area (TPSA) is 140 Å². The van der Waals surface area contributed by atoms with Gasteiger partial charge >= 0.3 is 5.54 Å². The highest BCUT2D eigenvalue weighted by molar-refractivity contribution is 5.65. The smallest absolute Gasteiger partial charge is 0.331 e. The number of likely N-dealkylation sites (tertiary alicyclic amines) is 1. The molecule has 0 aromatic rings.